The third-order valence-electron chi connectivity index (χ3n) is 2.34. The highest BCUT2D eigenvalue weighted by molar-refractivity contribution is 6.33. The predicted octanol–water partition coefficient (Wildman–Crippen LogP) is 2.49. The summed E-state index contributed by atoms with van der Waals surface area (Å²) in [5, 5.41) is 0.574. The van der Waals surface area contributed by atoms with Crippen LogP contribution in [0.25, 0.3) is 0 Å². The zero-order valence-corrected chi connectivity index (χ0v) is 11.4. The lowest BCUT2D eigenvalue weighted by molar-refractivity contribution is 0.0483. The van der Waals surface area contributed by atoms with Gasteiger partial charge in [0.2, 0.25) is 0 Å². The minimum Gasteiger partial charge on any atom is -0.398 e. The normalized spacial score (nSPS) is 10.8. The molecule has 0 aliphatic heterocycles. The van der Waals surface area contributed by atoms with Gasteiger partial charge in [0, 0.05) is 20.3 Å². The van der Waals surface area contributed by atoms with E-state index in [1.165, 1.54) is 0 Å². The van der Waals surface area contributed by atoms with Crippen LogP contribution >= 0.6 is 11.6 Å². The van der Waals surface area contributed by atoms with Crippen molar-refractivity contribution >= 4 is 17.3 Å². The average Bonchev–Trinajstić information content (AvgIpc) is 2.37. The maximum Gasteiger partial charge on any atom is 0.0717 e. The molecule has 18 heavy (non-hydrogen) atoms. The second kappa shape index (κ2) is 9.16. The number of halogens is 1. The van der Waals surface area contributed by atoms with E-state index in [9.17, 15) is 0 Å². The molecule has 0 radical (unpaired) electrons. The fourth-order valence-corrected chi connectivity index (χ4v) is 1.50. The van der Waals surface area contributed by atoms with E-state index in [1.807, 2.05) is 12.1 Å². The van der Waals surface area contributed by atoms with E-state index in [2.05, 4.69) is 0 Å². The minimum atomic E-state index is 0.541. The molecule has 0 aliphatic rings. The Morgan fingerprint density at radius 3 is 2.61 bits per heavy atom. The Bertz CT molecular complexity index is 347. The summed E-state index contributed by atoms with van der Waals surface area (Å²) in [6.07, 6.45) is 0.868. The molecule has 0 saturated carbocycles. The van der Waals surface area contributed by atoms with Crippen molar-refractivity contribution in [2.45, 2.75) is 13.0 Å². The minimum absolute atomic E-state index is 0.541. The van der Waals surface area contributed by atoms with Crippen LogP contribution in [0.5, 0.6) is 0 Å². The molecular weight excluding hydrogens is 254 g/mol. The number of rotatable bonds is 9. The number of hydrogen-bond donors (Lipinski definition) is 1. The van der Waals surface area contributed by atoms with E-state index in [-0.39, 0.29) is 0 Å². The molecule has 0 heterocycles. The van der Waals surface area contributed by atoms with E-state index in [4.69, 9.17) is 31.5 Å². The largest absolute Gasteiger partial charge is 0.398 e. The van der Waals surface area contributed by atoms with Crippen LogP contribution in [-0.2, 0) is 20.8 Å². The monoisotopic (exact) mass is 273 g/mol. The van der Waals surface area contributed by atoms with Crippen molar-refractivity contribution in [2.24, 2.45) is 0 Å². The van der Waals surface area contributed by atoms with Gasteiger partial charge >= 0.3 is 0 Å². The highest BCUT2D eigenvalue weighted by Gasteiger charge is 1.98. The summed E-state index contributed by atoms with van der Waals surface area (Å²) in [6, 6.07) is 5.52. The van der Waals surface area contributed by atoms with Gasteiger partial charge in [0.25, 0.3) is 0 Å². The third-order valence-corrected chi connectivity index (χ3v) is 2.68. The van der Waals surface area contributed by atoms with Gasteiger partial charge in [0.05, 0.1) is 30.5 Å². The van der Waals surface area contributed by atoms with Crippen LogP contribution in [0.3, 0.4) is 0 Å². The molecule has 5 heteroatoms. The smallest absolute Gasteiger partial charge is 0.0717 e. The number of nitrogens with two attached hydrogens (primary N) is 1. The molecule has 2 N–H and O–H groups in total. The van der Waals surface area contributed by atoms with E-state index in [1.54, 1.807) is 13.2 Å². The molecule has 0 unspecified atom stereocenters. The Labute approximate surface area is 113 Å². The predicted molar refractivity (Wildman–Crippen MR) is 72.8 cm³/mol. The van der Waals surface area contributed by atoms with Crippen LogP contribution in [0, 0.1) is 0 Å². The molecule has 102 valence electrons. The lowest BCUT2D eigenvalue weighted by atomic mass is 10.2. The Balaban J connectivity index is 2.05. The zero-order valence-electron chi connectivity index (χ0n) is 10.7. The Kier molecular flexibility index (Phi) is 7.76. The number of ether oxygens (including phenoxy) is 3. The molecule has 1 rings (SSSR count). The molecule has 0 atom stereocenters. The second-order valence-corrected chi connectivity index (χ2v) is 4.27. The summed E-state index contributed by atoms with van der Waals surface area (Å²) in [5.74, 6) is 0. The molecule has 0 spiro atoms. The van der Waals surface area contributed by atoms with Crippen LogP contribution in [0.1, 0.15) is 12.0 Å². The van der Waals surface area contributed by atoms with Gasteiger partial charge in [-0.3, -0.25) is 0 Å². The molecule has 0 fully saturated rings. The average molecular weight is 274 g/mol. The fourth-order valence-electron chi connectivity index (χ4n) is 1.38. The molecule has 0 aromatic heterocycles. The SMILES string of the molecule is COCCOCCCOCc1ccc(Cl)c(N)c1. The number of anilines is 1. The standard InChI is InChI=1S/C13H20ClNO3/c1-16-7-8-17-5-2-6-18-10-11-3-4-12(14)13(15)9-11/h3-4,9H,2,5-8,10,15H2,1H3. The number of hydrogen-bond acceptors (Lipinski definition) is 4. The number of nitrogen functional groups attached to an aromatic ring is 1. The van der Waals surface area contributed by atoms with Gasteiger partial charge < -0.3 is 19.9 Å². The Morgan fingerprint density at radius 2 is 1.89 bits per heavy atom. The lowest BCUT2D eigenvalue weighted by Crippen LogP contribution is -2.05. The fraction of sp³-hybridized carbons (Fsp3) is 0.538. The molecular formula is C13H20ClNO3. The van der Waals surface area contributed by atoms with E-state index >= 15 is 0 Å². The molecule has 0 amide bonds. The number of methoxy groups -OCH3 is 1. The molecule has 1 aromatic carbocycles. The van der Waals surface area contributed by atoms with Crippen LogP contribution < -0.4 is 5.73 Å². The maximum absolute atomic E-state index is 5.83. The molecule has 4 nitrogen and oxygen atoms in total. The highest BCUT2D eigenvalue weighted by Crippen LogP contribution is 2.19. The summed E-state index contributed by atoms with van der Waals surface area (Å²) < 4.78 is 15.7. The summed E-state index contributed by atoms with van der Waals surface area (Å²) in [6.45, 7) is 3.15. The molecule has 0 saturated heterocycles. The second-order valence-electron chi connectivity index (χ2n) is 3.87. The van der Waals surface area contributed by atoms with Crippen molar-refractivity contribution in [3.05, 3.63) is 28.8 Å². The Morgan fingerprint density at radius 1 is 1.11 bits per heavy atom. The first-order chi connectivity index (χ1) is 8.74. The van der Waals surface area contributed by atoms with Gasteiger partial charge in [-0.1, -0.05) is 17.7 Å². The molecule has 0 aliphatic carbocycles. The topological polar surface area (TPSA) is 53.7 Å². The van der Waals surface area contributed by atoms with Crippen LogP contribution in [-0.4, -0.2) is 33.5 Å². The quantitative estimate of drug-likeness (QED) is 0.555. The van der Waals surface area contributed by atoms with Crippen molar-refractivity contribution in [2.75, 3.05) is 39.3 Å². The van der Waals surface area contributed by atoms with Gasteiger partial charge in [0.1, 0.15) is 0 Å². The van der Waals surface area contributed by atoms with Crippen molar-refractivity contribution in [3.8, 4) is 0 Å². The zero-order chi connectivity index (χ0) is 13.2. The molecule has 1 aromatic rings. The van der Waals surface area contributed by atoms with Gasteiger partial charge in [0.15, 0.2) is 0 Å². The van der Waals surface area contributed by atoms with Crippen molar-refractivity contribution in [3.63, 3.8) is 0 Å². The first kappa shape index (κ1) is 15.2. The van der Waals surface area contributed by atoms with E-state index in [0.717, 1.165) is 12.0 Å². The molecule has 0 bridgehead atoms. The highest BCUT2D eigenvalue weighted by atomic mass is 35.5. The third kappa shape index (κ3) is 6.21. The van der Waals surface area contributed by atoms with Gasteiger partial charge in [-0.15, -0.1) is 0 Å². The first-order valence-electron chi connectivity index (χ1n) is 5.92. The van der Waals surface area contributed by atoms with Gasteiger partial charge in [-0.05, 0) is 24.1 Å². The van der Waals surface area contributed by atoms with Crippen LogP contribution in [0.4, 0.5) is 5.69 Å². The van der Waals surface area contributed by atoms with Gasteiger partial charge in [-0.2, -0.15) is 0 Å². The lowest BCUT2D eigenvalue weighted by Gasteiger charge is -2.06. The number of benzene rings is 1. The van der Waals surface area contributed by atoms with Crippen LogP contribution in [0.2, 0.25) is 5.02 Å². The van der Waals surface area contributed by atoms with E-state index < -0.39 is 0 Å². The van der Waals surface area contributed by atoms with Crippen molar-refractivity contribution < 1.29 is 14.2 Å². The van der Waals surface area contributed by atoms with Crippen molar-refractivity contribution in [1.29, 1.82) is 0 Å². The van der Waals surface area contributed by atoms with Crippen LogP contribution in [0.15, 0.2) is 18.2 Å². The van der Waals surface area contributed by atoms with Gasteiger partial charge in [-0.25, -0.2) is 0 Å². The van der Waals surface area contributed by atoms with E-state index in [0.29, 0.717) is 43.7 Å². The first-order valence-corrected chi connectivity index (χ1v) is 6.30. The Hall–Kier alpha value is -0.810. The maximum atomic E-state index is 5.83. The summed E-state index contributed by atoms with van der Waals surface area (Å²) in [4.78, 5) is 0. The summed E-state index contributed by atoms with van der Waals surface area (Å²) in [5.41, 5.74) is 7.31. The summed E-state index contributed by atoms with van der Waals surface area (Å²) >= 11 is 5.83. The summed E-state index contributed by atoms with van der Waals surface area (Å²) in [7, 11) is 1.66. The van der Waals surface area contributed by atoms with Crippen molar-refractivity contribution in [1.82, 2.24) is 0 Å².